The Morgan fingerprint density at radius 3 is 2.75 bits per heavy atom. The molecule has 20 heavy (non-hydrogen) atoms. The van der Waals surface area contributed by atoms with E-state index in [1.807, 2.05) is 24.3 Å². The Morgan fingerprint density at radius 2 is 2.10 bits per heavy atom. The molecule has 2 rings (SSSR count). The zero-order chi connectivity index (χ0) is 14.5. The number of anilines is 1. The van der Waals surface area contributed by atoms with Crippen molar-refractivity contribution < 1.29 is 14.6 Å². The van der Waals surface area contributed by atoms with Crippen LogP contribution >= 0.6 is 15.9 Å². The number of benzene rings is 2. The summed E-state index contributed by atoms with van der Waals surface area (Å²) < 4.78 is 6.23. The molecule has 104 valence electrons. The summed E-state index contributed by atoms with van der Waals surface area (Å²) in [6.07, 6.45) is 0. The lowest BCUT2D eigenvalue weighted by atomic mass is 10.1. The van der Waals surface area contributed by atoms with Crippen molar-refractivity contribution in [1.29, 1.82) is 0 Å². The Labute approximate surface area is 125 Å². The Balaban J connectivity index is 2.19. The Kier molecular flexibility index (Phi) is 4.63. The Bertz CT molecular complexity index is 628. The molecule has 0 atom stereocenters. The van der Waals surface area contributed by atoms with Crippen LogP contribution in [-0.2, 0) is 6.54 Å². The molecule has 0 heterocycles. The molecule has 2 N–H and O–H groups in total. The van der Waals surface area contributed by atoms with Gasteiger partial charge in [0.1, 0.15) is 5.75 Å². The minimum Gasteiger partial charge on any atom is -0.495 e. The van der Waals surface area contributed by atoms with E-state index in [1.165, 1.54) is 6.07 Å². The Morgan fingerprint density at radius 1 is 1.30 bits per heavy atom. The molecule has 0 unspecified atom stereocenters. The first-order valence-corrected chi connectivity index (χ1v) is 6.79. The van der Waals surface area contributed by atoms with Crippen molar-refractivity contribution in [1.82, 2.24) is 0 Å². The second-order valence-electron chi connectivity index (χ2n) is 4.20. The van der Waals surface area contributed by atoms with Gasteiger partial charge in [0.25, 0.3) is 0 Å². The minimum atomic E-state index is -0.960. The predicted molar refractivity (Wildman–Crippen MR) is 81.4 cm³/mol. The lowest BCUT2D eigenvalue weighted by molar-refractivity contribution is 0.0697. The van der Waals surface area contributed by atoms with E-state index < -0.39 is 5.97 Å². The summed E-state index contributed by atoms with van der Waals surface area (Å²) in [5.41, 5.74) is 1.97. The molecule has 0 aromatic heterocycles. The summed E-state index contributed by atoms with van der Waals surface area (Å²) in [7, 11) is 1.56. The molecule has 0 aliphatic carbocycles. The van der Waals surface area contributed by atoms with E-state index in [1.54, 1.807) is 19.2 Å². The topological polar surface area (TPSA) is 58.6 Å². The van der Waals surface area contributed by atoms with Crippen molar-refractivity contribution in [2.24, 2.45) is 0 Å². The van der Waals surface area contributed by atoms with Crippen LogP contribution in [0.4, 0.5) is 5.69 Å². The van der Waals surface area contributed by atoms with Crippen LogP contribution in [0.25, 0.3) is 0 Å². The van der Waals surface area contributed by atoms with Crippen LogP contribution in [0.3, 0.4) is 0 Å². The number of hydrogen-bond acceptors (Lipinski definition) is 3. The number of nitrogens with one attached hydrogen (secondary N) is 1. The second-order valence-corrected chi connectivity index (χ2v) is 5.12. The van der Waals surface area contributed by atoms with Crippen LogP contribution in [0.5, 0.6) is 5.75 Å². The van der Waals surface area contributed by atoms with Crippen LogP contribution in [-0.4, -0.2) is 18.2 Å². The highest BCUT2D eigenvalue weighted by molar-refractivity contribution is 9.10. The largest absolute Gasteiger partial charge is 0.495 e. The van der Waals surface area contributed by atoms with Crippen molar-refractivity contribution in [3.05, 3.63) is 58.1 Å². The van der Waals surface area contributed by atoms with Crippen LogP contribution < -0.4 is 10.1 Å². The number of carboxylic acid groups (broad SMARTS) is 1. The van der Waals surface area contributed by atoms with E-state index in [4.69, 9.17) is 9.84 Å². The van der Waals surface area contributed by atoms with Crippen molar-refractivity contribution in [2.45, 2.75) is 6.54 Å². The molecule has 0 bridgehead atoms. The molecule has 0 aliphatic rings. The molecule has 0 saturated heterocycles. The Hall–Kier alpha value is -2.01. The van der Waals surface area contributed by atoms with E-state index in [9.17, 15) is 4.79 Å². The fourth-order valence-corrected chi connectivity index (χ4v) is 2.27. The first kappa shape index (κ1) is 14.4. The molecule has 2 aromatic carbocycles. The smallest absolute Gasteiger partial charge is 0.335 e. The number of hydrogen-bond donors (Lipinski definition) is 2. The number of carboxylic acids is 1. The number of carbonyl (C=O) groups is 1. The summed E-state index contributed by atoms with van der Waals surface area (Å²) in [5.74, 6) is -0.344. The van der Waals surface area contributed by atoms with E-state index in [0.29, 0.717) is 18.0 Å². The van der Waals surface area contributed by atoms with Gasteiger partial charge in [-0.2, -0.15) is 0 Å². The van der Waals surface area contributed by atoms with Gasteiger partial charge in [0.05, 0.1) is 18.4 Å². The average molecular weight is 336 g/mol. The SMILES string of the molecule is COc1ccc(C(=O)O)cc1NCc1cccc(Br)c1. The highest BCUT2D eigenvalue weighted by Crippen LogP contribution is 2.26. The molecule has 5 heteroatoms. The maximum atomic E-state index is 11.0. The molecule has 0 fully saturated rings. The van der Waals surface area contributed by atoms with Gasteiger partial charge in [0, 0.05) is 11.0 Å². The van der Waals surface area contributed by atoms with Gasteiger partial charge in [0.15, 0.2) is 0 Å². The van der Waals surface area contributed by atoms with Crippen LogP contribution in [0.15, 0.2) is 46.9 Å². The molecule has 0 spiro atoms. The van der Waals surface area contributed by atoms with Crippen LogP contribution in [0.1, 0.15) is 15.9 Å². The minimum absolute atomic E-state index is 0.225. The maximum Gasteiger partial charge on any atom is 0.335 e. The van der Waals surface area contributed by atoms with E-state index in [0.717, 1.165) is 10.0 Å². The van der Waals surface area contributed by atoms with Gasteiger partial charge in [-0.3, -0.25) is 0 Å². The molecule has 2 aromatic rings. The van der Waals surface area contributed by atoms with Crippen molar-refractivity contribution in [3.8, 4) is 5.75 Å². The predicted octanol–water partition coefficient (Wildman–Crippen LogP) is 3.77. The lowest BCUT2D eigenvalue weighted by Gasteiger charge is -2.12. The fourth-order valence-electron chi connectivity index (χ4n) is 1.82. The molecule has 4 nitrogen and oxygen atoms in total. The van der Waals surface area contributed by atoms with Crippen LogP contribution in [0.2, 0.25) is 0 Å². The molecule has 0 amide bonds. The zero-order valence-corrected chi connectivity index (χ0v) is 12.5. The first-order valence-electron chi connectivity index (χ1n) is 6.00. The number of methoxy groups -OCH3 is 1. The summed E-state index contributed by atoms with van der Waals surface area (Å²) in [6.45, 7) is 0.582. The van der Waals surface area contributed by atoms with Gasteiger partial charge < -0.3 is 15.2 Å². The number of ether oxygens (including phenoxy) is 1. The van der Waals surface area contributed by atoms with E-state index >= 15 is 0 Å². The third-order valence-corrected chi connectivity index (χ3v) is 3.31. The molecular formula is C15H14BrNO3. The first-order chi connectivity index (χ1) is 9.60. The highest BCUT2D eigenvalue weighted by Gasteiger charge is 2.08. The summed E-state index contributed by atoms with van der Waals surface area (Å²) in [4.78, 5) is 11.0. The van der Waals surface area contributed by atoms with Gasteiger partial charge in [-0.25, -0.2) is 4.79 Å². The van der Waals surface area contributed by atoms with Crippen molar-refractivity contribution in [3.63, 3.8) is 0 Å². The quantitative estimate of drug-likeness (QED) is 0.873. The van der Waals surface area contributed by atoms with Crippen molar-refractivity contribution >= 4 is 27.6 Å². The van der Waals surface area contributed by atoms with E-state index in [2.05, 4.69) is 21.2 Å². The molecule has 0 radical (unpaired) electrons. The highest BCUT2D eigenvalue weighted by atomic mass is 79.9. The van der Waals surface area contributed by atoms with Gasteiger partial charge in [-0.15, -0.1) is 0 Å². The second kappa shape index (κ2) is 6.43. The van der Waals surface area contributed by atoms with E-state index in [-0.39, 0.29) is 5.56 Å². The molecule has 0 saturated carbocycles. The van der Waals surface area contributed by atoms with Gasteiger partial charge in [-0.1, -0.05) is 28.1 Å². The van der Waals surface area contributed by atoms with Gasteiger partial charge in [-0.05, 0) is 35.9 Å². The summed E-state index contributed by atoms with van der Waals surface area (Å²) in [6, 6.07) is 12.6. The normalized spacial score (nSPS) is 10.1. The number of halogens is 1. The van der Waals surface area contributed by atoms with Gasteiger partial charge >= 0.3 is 5.97 Å². The van der Waals surface area contributed by atoms with Crippen molar-refractivity contribution in [2.75, 3.05) is 12.4 Å². The average Bonchev–Trinajstić information content (AvgIpc) is 2.44. The molecule has 0 aliphatic heterocycles. The summed E-state index contributed by atoms with van der Waals surface area (Å²) in [5, 5.41) is 12.2. The monoisotopic (exact) mass is 335 g/mol. The fraction of sp³-hybridized carbons (Fsp3) is 0.133. The molecular weight excluding hydrogens is 322 g/mol. The summed E-state index contributed by atoms with van der Waals surface area (Å²) >= 11 is 3.42. The van der Waals surface area contributed by atoms with Crippen LogP contribution in [0, 0.1) is 0 Å². The third kappa shape index (κ3) is 3.51. The zero-order valence-electron chi connectivity index (χ0n) is 10.9. The number of aromatic carboxylic acids is 1. The lowest BCUT2D eigenvalue weighted by Crippen LogP contribution is -2.04. The standard InChI is InChI=1S/C15H14BrNO3/c1-20-14-6-5-11(15(18)19)8-13(14)17-9-10-3-2-4-12(16)7-10/h2-8,17H,9H2,1H3,(H,18,19). The third-order valence-electron chi connectivity index (χ3n) is 2.82. The van der Waals surface area contributed by atoms with Gasteiger partial charge in [0.2, 0.25) is 0 Å². The maximum absolute atomic E-state index is 11.0. The number of rotatable bonds is 5.